The van der Waals surface area contributed by atoms with Crippen LogP contribution in [0.25, 0.3) is 10.9 Å². The van der Waals surface area contributed by atoms with Gasteiger partial charge in [-0.1, -0.05) is 15.9 Å². The molecule has 1 aromatic heterocycles. The van der Waals surface area contributed by atoms with Crippen molar-refractivity contribution >= 4 is 32.9 Å². The number of hydrogen-bond acceptors (Lipinski definition) is 5. The third-order valence-electron chi connectivity index (χ3n) is 4.05. The molecule has 6 nitrogen and oxygen atoms in total. The van der Waals surface area contributed by atoms with E-state index in [1.165, 1.54) is 0 Å². The Kier molecular flexibility index (Phi) is 5.91. The largest absolute Gasteiger partial charge is 0.490 e. The third kappa shape index (κ3) is 5.32. The lowest BCUT2D eigenvalue weighted by Crippen LogP contribution is -2.52. The van der Waals surface area contributed by atoms with E-state index in [9.17, 15) is 4.79 Å². The molecule has 27 heavy (non-hydrogen) atoms. The van der Waals surface area contributed by atoms with Crippen molar-refractivity contribution in [2.75, 3.05) is 19.7 Å². The highest BCUT2D eigenvalue weighted by molar-refractivity contribution is 9.10. The fraction of sp³-hybridized carbons (Fsp3) is 0.500. The summed E-state index contributed by atoms with van der Waals surface area (Å²) >= 11 is 3.49. The number of rotatable bonds is 3. The minimum absolute atomic E-state index is 0.0826. The molecule has 0 radical (unpaired) electrons. The van der Waals surface area contributed by atoms with Gasteiger partial charge in [0.15, 0.2) is 0 Å². The molecule has 2 atom stereocenters. The summed E-state index contributed by atoms with van der Waals surface area (Å²) in [6.07, 6.45) is 1.12. The molecule has 0 saturated carbocycles. The van der Waals surface area contributed by atoms with Crippen molar-refractivity contribution < 1.29 is 19.0 Å². The average molecular weight is 437 g/mol. The van der Waals surface area contributed by atoms with Crippen molar-refractivity contribution in [2.45, 2.75) is 45.5 Å². The number of fused-ring (bicyclic) bond motifs is 1. The van der Waals surface area contributed by atoms with Crippen LogP contribution >= 0.6 is 15.9 Å². The number of carbonyl (C=O) groups is 1. The summed E-state index contributed by atoms with van der Waals surface area (Å²) in [6.45, 7) is 8.82. The van der Waals surface area contributed by atoms with Crippen LogP contribution in [0.15, 0.2) is 34.9 Å². The number of benzene rings is 1. The fourth-order valence-corrected chi connectivity index (χ4v) is 3.46. The van der Waals surface area contributed by atoms with E-state index >= 15 is 0 Å². The minimum Gasteiger partial charge on any atom is -0.490 e. The van der Waals surface area contributed by atoms with Crippen LogP contribution in [-0.2, 0) is 9.47 Å². The smallest absolute Gasteiger partial charge is 0.410 e. The molecule has 0 unspecified atom stereocenters. The molecule has 146 valence electrons. The molecule has 0 N–H and O–H groups in total. The molecule has 7 heteroatoms. The monoisotopic (exact) mass is 436 g/mol. The zero-order chi connectivity index (χ0) is 19.6. The standard InChI is InChI=1S/C20H25BrN2O4/c1-13-10-23(19(24)27-20(2,3)4)11-15(26-13)12-25-18-9-14(21)8-17-16(18)6-5-7-22-17/h5-9,13,15H,10-12H2,1-4H3/t13-,15+/m1/s1. The second-order valence-corrected chi connectivity index (χ2v) is 8.65. The molecule has 1 aliphatic heterocycles. The van der Waals surface area contributed by atoms with Gasteiger partial charge in [-0.3, -0.25) is 4.98 Å². The summed E-state index contributed by atoms with van der Waals surface area (Å²) < 4.78 is 18.4. The Balaban J connectivity index is 1.68. The molecule has 0 aliphatic carbocycles. The van der Waals surface area contributed by atoms with Crippen LogP contribution in [0.5, 0.6) is 5.75 Å². The first-order valence-corrected chi connectivity index (χ1v) is 9.81. The van der Waals surface area contributed by atoms with Crippen LogP contribution in [0.3, 0.4) is 0 Å². The van der Waals surface area contributed by atoms with Crippen LogP contribution in [0, 0.1) is 0 Å². The van der Waals surface area contributed by atoms with Crippen LogP contribution in [0.1, 0.15) is 27.7 Å². The van der Waals surface area contributed by atoms with Gasteiger partial charge >= 0.3 is 6.09 Å². The van der Waals surface area contributed by atoms with E-state index in [0.717, 1.165) is 21.1 Å². The van der Waals surface area contributed by atoms with E-state index in [2.05, 4.69) is 20.9 Å². The molecule has 0 spiro atoms. The first-order valence-electron chi connectivity index (χ1n) is 9.02. The lowest BCUT2D eigenvalue weighted by atomic mass is 10.2. The van der Waals surface area contributed by atoms with Crippen molar-refractivity contribution in [2.24, 2.45) is 0 Å². The van der Waals surface area contributed by atoms with Gasteiger partial charge in [0.1, 0.15) is 24.1 Å². The molecule has 1 fully saturated rings. The Hall–Kier alpha value is -1.86. The van der Waals surface area contributed by atoms with Gasteiger partial charge < -0.3 is 19.1 Å². The van der Waals surface area contributed by atoms with Gasteiger partial charge in [0.2, 0.25) is 0 Å². The highest BCUT2D eigenvalue weighted by atomic mass is 79.9. The van der Waals surface area contributed by atoms with Crippen molar-refractivity contribution in [3.8, 4) is 5.75 Å². The molecule has 1 aromatic carbocycles. The first-order chi connectivity index (χ1) is 12.7. The Labute approximate surface area is 167 Å². The van der Waals surface area contributed by atoms with E-state index in [-0.39, 0.29) is 18.3 Å². The summed E-state index contributed by atoms with van der Waals surface area (Å²) in [4.78, 5) is 18.4. The number of ether oxygens (including phenoxy) is 3. The van der Waals surface area contributed by atoms with Crippen molar-refractivity contribution in [1.29, 1.82) is 0 Å². The number of halogens is 1. The number of morpholine rings is 1. The lowest BCUT2D eigenvalue weighted by Gasteiger charge is -2.37. The maximum absolute atomic E-state index is 12.4. The normalized spacial score (nSPS) is 20.6. The fourth-order valence-electron chi connectivity index (χ4n) is 3.03. The lowest BCUT2D eigenvalue weighted by molar-refractivity contribution is -0.0922. The Bertz CT molecular complexity index is 821. The van der Waals surface area contributed by atoms with E-state index in [0.29, 0.717) is 19.7 Å². The number of amides is 1. The van der Waals surface area contributed by atoms with Crippen LogP contribution in [0.4, 0.5) is 4.79 Å². The molecule has 2 aromatic rings. The average Bonchev–Trinajstić information content (AvgIpc) is 2.57. The van der Waals surface area contributed by atoms with Gasteiger partial charge in [0.25, 0.3) is 0 Å². The predicted molar refractivity (Wildman–Crippen MR) is 107 cm³/mol. The Morgan fingerprint density at radius 1 is 1.37 bits per heavy atom. The number of hydrogen-bond donors (Lipinski definition) is 0. The van der Waals surface area contributed by atoms with Gasteiger partial charge in [-0.2, -0.15) is 0 Å². The summed E-state index contributed by atoms with van der Waals surface area (Å²) in [5.41, 5.74) is 0.336. The van der Waals surface area contributed by atoms with Gasteiger partial charge in [-0.25, -0.2) is 4.79 Å². The number of aromatic nitrogens is 1. The summed E-state index contributed by atoms with van der Waals surface area (Å²) in [5, 5.41) is 0.938. The molecule has 1 saturated heterocycles. The summed E-state index contributed by atoms with van der Waals surface area (Å²) in [7, 11) is 0. The van der Waals surface area contributed by atoms with Crippen LogP contribution in [0.2, 0.25) is 0 Å². The van der Waals surface area contributed by atoms with Gasteiger partial charge in [0.05, 0.1) is 24.7 Å². The molecule has 1 amide bonds. The second kappa shape index (κ2) is 8.02. The molecule has 2 heterocycles. The van der Waals surface area contributed by atoms with Crippen LogP contribution in [-0.4, -0.2) is 53.5 Å². The quantitative estimate of drug-likeness (QED) is 0.713. The summed E-state index contributed by atoms with van der Waals surface area (Å²) in [5.74, 6) is 0.734. The second-order valence-electron chi connectivity index (χ2n) is 7.74. The Morgan fingerprint density at radius 2 is 2.15 bits per heavy atom. The Morgan fingerprint density at radius 3 is 2.89 bits per heavy atom. The maximum atomic E-state index is 12.4. The van der Waals surface area contributed by atoms with Gasteiger partial charge in [0, 0.05) is 16.1 Å². The van der Waals surface area contributed by atoms with Gasteiger partial charge in [-0.15, -0.1) is 0 Å². The predicted octanol–water partition coefficient (Wildman–Crippen LogP) is 4.40. The van der Waals surface area contributed by atoms with E-state index < -0.39 is 5.60 Å². The summed E-state index contributed by atoms with van der Waals surface area (Å²) in [6, 6.07) is 7.72. The first kappa shape index (κ1) is 19.9. The van der Waals surface area contributed by atoms with E-state index in [1.54, 1.807) is 11.1 Å². The zero-order valence-electron chi connectivity index (χ0n) is 16.1. The van der Waals surface area contributed by atoms with Crippen LogP contribution < -0.4 is 4.74 Å². The van der Waals surface area contributed by atoms with Crippen molar-refractivity contribution in [1.82, 2.24) is 9.88 Å². The molecule has 3 rings (SSSR count). The van der Waals surface area contributed by atoms with E-state index in [4.69, 9.17) is 14.2 Å². The topological polar surface area (TPSA) is 60.9 Å². The molecule has 1 aliphatic rings. The third-order valence-corrected chi connectivity index (χ3v) is 4.51. The van der Waals surface area contributed by atoms with E-state index in [1.807, 2.05) is 52.0 Å². The highest BCUT2D eigenvalue weighted by Gasteiger charge is 2.31. The molecule has 0 bridgehead atoms. The van der Waals surface area contributed by atoms with Gasteiger partial charge in [-0.05, 0) is 52.0 Å². The minimum atomic E-state index is -0.521. The molecular formula is C20H25BrN2O4. The number of pyridine rings is 1. The SMILES string of the molecule is C[C@@H]1CN(C(=O)OC(C)(C)C)C[C@@H](COc2cc(Br)cc3ncccc23)O1. The zero-order valence-corrected chi connectivity index (χ0v) is 17.7. The highest BCUT2D eigenvalue weighted by Crippen LogP contribution is 2.29. The van der Waals surface area contributed by atoms with Crippen molar-refractivity contribution in [3.05, 3.63) is 34.9 Å². The van der Waals surface area contributed by atoms with Crippen molar-refractivity contribution in [3.63, 3.8) is 0 Å². The number of nitrogens with zero attached hydrogens (tertiary/aromatic N) is 2. The number of carbonyl (C=O) groups excluding carboxylic acids is 1. The molecular weight excluding hydrogens is 412 g/mol. The maximum Gasteiger partial charge on any atom is 0.410 e.